The van der Waals surface area contributed by atoms with Crippen LogP contribution in [-0.2, 0) is 0 Å². The van der Waals surface area contributed by atoms with Crippen molar-refractivity contribution in [1.29, 1.82) is 0 Å². The number of benzene rings is 1. The Kier molecular flexibility index (Phi) is 2.89. The van der Waals surface area contributed by atoms with Gasteiger partial charge in [0.25, 0.3) is 0 Å². The highest BCUT2D eigenvalue weighted by Crippen LogP contribution is 2.26. The van der Waals surface area contributed by atoms with E-state index >= 15 is 0 Å². The minimum absolute atomic E-state index is 0.508. The first-order chi connectivity index (χ1) is 7.15. The summed E-state index contributed by atoms with van der Waals surface area (Å²) < 4.78 is 12.6. The Morgan fingerprint density at radius 3 is 2.13 bits per heavy atom. The predicted octanol–water partition coefficient (Wildman–Crippen LogP) is 4.19. The third kappa shape index (κ3) is 2.46. The largest absolute Gasteiger partial charge is 0.228 e. The molecular weight excluding hydrogens is 236 g/mol. The van der Waals surface area contributed by atoms with Crippen LogP contribution in [0.1, 0.15) is 0 Å². The van der Waals surface area contributed by atoms with Gasteiger partial charge in [-0.2, -0.15) is 4.39 Å². The fourth-order valence-electron chi connectivity index (χ4n) is 1.27. The number of aromatic nitrogens is 1. The first-order valence-electron chi connectivity index (χ1n) is 4.23. The Labute approximate surface area is 96.5 Å². The molecule has 0 radical (unpaired) electrons. The topological polar surface area (TPSA) is 12.9 Å². The molecule has 76 valence electrons. The van der Waals surface area contributed by atoms with Crippen molar-refractivity contribution in [1.82, 2.24) is 4.98 Å². The summed E-state index contributed by atoms with van der Waals surface area (Å²) >= 11 is 11.7. The average molecular weight is 242 g/mol. The van der Waals surface area contributed by atoms with Crippen LogP contribution in [0.5, 0.6) is 0 Å². The molecule has 4 heteroatoms. The monoisotopic (exact) mass is 241 g/mol. The summed E-state index contributed by atoms with van der Waals surface area (Å²) in [6.45, 7) is 0. The van der Waals surface area contributed by atoms with Crippen molar-refractivity contribution in [2.45, 2.75) is 0 Å². The summed E-state index contributed by atoms with van der Waals surface area (Å²) in [5.41, 5.74) is 1.60. The molecule has 1 aromatic heterocycles. The fourth-order valence-corrected chi connectivity index (χ4v) is 1.79. The molecule has 2 aromatic rings. The maximum Gasteiger partial charge on any atom is 0.212 e. The second-order valence-corrected chi connectivity index (χ2v) is 3.90. The SMILES string of the molecule is Fc1ccc(-c2cc(Cl)cc(Cl)c2)cn1. The molecule has 1 aromatic carbocycles. The van der Waals surface area contributed by atoms with E-state index in [0.717, 1.165) is 11.1 Å². The van der Waals surface area contributed by atoms with Crippen molar-refractivity contribution < 1.29 is 4.39 Å². The quantitative estimate of drug-likeness (QED) is 0.683. The van der Waals surface area contributed by atoms with E-state index in [4.69, 9.17) is 23.2 Å². The van der Waals surface area contributed by atoms with Crippen LogP contribution in [0.25, 0.3) is 11.1 Å². The third-order valence-corrected chi connectivity index (χ3v) is 2.36. The minimum Gasteiger partial charge on any atom is -0.228 e. The van der Waals surface area contributed by atoms with E-state index in [-0.39, 0.29) is 0 Å². The lowest BCUT2D eigenvalue weighted by molar-refractivity contribution is 0.584. The molecular formula is C11H6Cl2FN. The zero-order valence-electron chi connectivity index (χ0n) is 7.55. The van der Waals surface area contributed by atoms with E-state index in [1.165, 1.54) is 12.3 Å². The molecule has 0 aliphatic rings. The van der Waals surface area contributed by atoms with Gasteiger partial charge in [-0.25, -0.2) is 4.98 Å². The van der Waals surface area contributed by atoms with Crippen LogP contribution >= 0.6 is 23.2 Å². The standard InChI is InChI=1S/C11H6Cl2FN/c12-9-3-8(4-10(13)5-9)7-1-2-11(14)15-6-7/h1-6H. The molecule has 0 aliphatic heterocycles. The van der Waals surface area contributed by atoms with Crippen molar-refractivity contribution in [3.8, 4) is 11.1 Å². The Bertz CT molecular complexity index is 462. The van der Waals surface area contributed by atoms with Gasteiger partial charge in [0.2, 0.25) is 5.95 Å². The summed E-state index contributed by atoms with van der Waals surface area (Å²) in [7, 11) is 0. The lowest BCUT2D eigenvalue weighted by Gasteiger charge is -2.02. The second-order valence-electron chi connectivity index (χ2n) is 3.03. The van der Waals surface area contributed by atoms with Crippen LogP contribution in [-0.4, -0.2) is 4.98 Å². The molecule has 0 spiro atoms. The van der Waals surface area contributed by atoms with Crippen LogP contribution in [0.3, 0.4) is 0 Å². The molecule has 2 rings (SSSR count). The molecule has 1 heterocycles. The first-order valence-corrected chi connectivity index (χ1v) is 4.99. The molecule has 0 N–H and O–H groups in total. The van der Waals surface area contributed by atoms with E-state index in [1.54, 1.807) is 24.3 Å². The maximum atomic E-state index is 12.6. The van der Waals surface area contributed by atoms with E-state index in [0.29, 0.717) is 10.0 Å². The third-order valence-electron chi connectivity index (χ3n) is 1.92. The van der Waals surface area contributed by atoms with Crippen LogP contribution in [0.4, 0.5) is 4.39 Å². The second kappa shape index (κ2) is 4.17. The Balaban J connectivity index is 2.49. The zero-order valence-corrected chi connectivity index (χ0v) is 9.06. The van der Waals surface area contributed by atoms with Crippen molar-refractivity contribution in [2.75, 3.05) is 0 Å². The van der Waals surface area contributed by atoms with Gasteiger partial charge >= 0.3 is 0 Å². The molecule has 0 aliphatic carbocycles. The Hall–Kier alpha value is -1.12. The first kappa shape index (κ1) is 10.4. The van der Waals surface area contributed by atoms with Gasteiger partial charge in [0, 0.05) is 21.8 Å². The predicted molar refractivity (Wildman–Crippen MR) is 59.7 cm³/mol. The van der Waals surface area contributed by atoms with Gasteiger partial charge in [0.15, 0.2) is 0 Å². The van der Waals surface area contributed by atoms with Gasteiger partial charge in [0.05, 0.1) is 0 Å². The lowest BCUT2D eigenvalue weighted by Crippen LogP contribution is -1.83. The van der Waals surface area contributed by atoms with Crippen molar-refractivity contribution >= 4 is 23.2 Å². The Morgan fingerprint density at radius 1 is 0.933 bits per heavy atom. The number of halogens is 3. The summed E-state index contributed by atoms with van der Waals surface area (Å²) in [4.78, 5) is 3.56. The van der Waals surface area contributed by atoms with Gasteiger partial charge in [-0.05, 0) is 35.9 Å². The van der Waals surface area contributed by atoms with Crippen molar-refractivity contribution in [3.63, 3.8) is 0 Å². The van der Waals surface area contributed by atoms with Crippen LogP contribution < -0.4 is 0 Å². The molecule has 1 nitrogen and oxygen atoms in total. The number of hydrogen-bond donors (Lipinski definition) is 0. The molecule has 0 atom stereocenters. The number of hydrogen-bond acceptors (Lipinski definition) is 1. The van der Waals surface area contributed by atoms with E-state index < -0.39 is 5.95 Å². The number of pyridine rings is 1. The van der Waals surface area contributed by atoms with Gasteiger partial charge < -0.3 is 0 Å². The highest BCUT2D eigenvalue weighted by molar-refractivity contribution is 6.35. The lowest BCUT2D eigenvalue weighted by atomic mass is 10.1. The van der Waals surface area contributed by atoms with Crippen LogP contribution in [0.2, 0.25) is 10.0 Å². The highest BCUT2D eigenvalue weighted by Gasteiger charge is 2.02. The maximum absolute atomic E-state index is 12.6. The molecule has 0 saturated heterocycles. The number of nitrogens with zero attached hydrogens (tertiary/aromatic N) is 1. The molecule has 15 heavy (non-hydrogen) atoms. The summed E-state index contributed by atoms with van der Waals surface area (Å²) in [6, 6.07) is 8.07. The van der Waals surface area contributed by atoms with Crippen LogP contribution in [0, 0.1) is 5.95 Å². The molecule has 0 fully saturated rings. The normalized spacial score (nSPS) is 10.3. The summed E-state index contributed by atoms with van der Waals surface area (Å²) in [5.74, 6) is -0.508. The van der Waals surface area contributed by atoms with E-state index in [9.17, 15) is 4.39 Å². The van der Waals surface area contributed by atoms with Gasteiger partial charge in [-0.1, -0.05) is 23.2 Å². The van der Waals surface area contributed by atoms with Gasteiger partial charge in [-0.3, -0.25) is 0 Å². The Morgan fingerprint density at radius 2 is 1.60 bits per heavy atom. The minimum atomic E-state index is -0.508. The smallest absolute Gasteiger partial charge is 0.212 e. The summed E-state index contributed by atoms with van der Waals surface area (Å²) in [5, 5.41) is 1.09. The van der Waals surface area contributed by atoms with E-state index in [1.807, 2.05) is 0 Å². The fraction of sp³-hybridized carbons (Fsp3) is 0. The molecule has 0 bridgehead atoms. The van der Waals surface area contributed by atoms with Crippen molar-refractivity contribution in [3.05, 3.63) is 52.5 Å². The van der Waals surface area contributed by atoms with Gasteiger partial charge in [0.1, 0.15) is 0 Å². The highest BCUT2D eigenvalue weighted by atomic mass is 35.5. The van der Waals surface area contributed by atoms with E-state index in [2.05, 4.69) is 4.98 Å². The summed E-state index contributed by atoms with van der Waals surface area (Å²) in [6.07, 6.45) is 1.44. The molecule has 0 unspecified atom stereocenters. The zero-order chi connectivity index (χ0) is 10.8. The number of rotatable bonds is 1. The van der Waals surface area contributed by atoms with Gasteiger partial charge in [-0.15, -0.1) is 0 Å². The average Bonchev–Trinajstić information content (AvgIpc) is 2.17. The molecule has 0 saturated carbocycles. The van der Waals surface area contributed by atoms with Crippen LogP contribution in [0.15, 0.2) is 36.5 Å². The van der Waals surface area contributed by atoms with Crippen molar-refractivity contribution in [2.24, 2.45) is 0 Å². The molecule has 0 amide bonds.